The van der Waals surface area contributed by atoms with E-state index in [1.807, 2.05) is 13.0 Å². The predicted molar refractivity (Wildman–Crippen MR) is 126 cm³/mol. The molecule has 2 aromatic carbocycles. The van der Waals surface area contributed by atoms with Crippen molar-refractivity contribution in [3.05, 3.63) is 51.9 Å². The third-order valence-electron chi connectivity index (χ3n) is 6.58. The predicted octanol–water partition coefficient (Wildman–Crippen LogP) is 3.94. The van der Waals surface area contributed by atoms with E-state index in [2.05, 4.69) is 0 Å². The van der Waals surface area contributed by atoms with Gasteiger partial charge in [0.15, 0.2) is 11.5 Å². The molecule has 178 valence electrons. The number of benzene rings is 2. The molecule has 1 fully saturated rings. The van der Waals surface area contributed by atoms with Crippen LogP contribution in [-0.2, 0) is 17.8 Å². The van der Waals surface area contributed by atoms with Crippen molar-refractivity contribution in [2.75, 3.05) is 19.8 Å². The average Bonchev–Trinajstić information content (AvgIpc) is 3.17. The molecule has 0 aliphatic carbocycles. The summed E-state index contributed by atoms with van der Waals surface area (Å²) in [5.74, 6) is 0.837. The van der Waals surface area contributed by atoms with Gasteiger partial charge >= 0.3 is 5.97 Å². The van der Waals surface area contributed by atoms with Crippen LogP contribution in [0.15, 0.2) is 39.5 Å². The molecule has 5 rings (SSSR count). The highest BCUT2D eigenvalue weighted by molar-refractivity contribution is 5.87. The minimum absolute atomic E-state index is 0.0166. The number of hydrogen-bond donors (Lipinski definition) is 2. The van der Waals surface area contributed by atoms with E-state index in [0.717, 1.165) is 12.8 Å². The van der Waals surface area contributed by atoms with Crippen LogP contribution in [0.25, 0.3) is 22.1 Å². The van der Waals surface area contributed by atoms with Gasteiger partial charge in [0.25, 0.3) is 0 Å². The Morgan fingerprint density at radius 2 is 1.91 bits per heavy atom. The van der Waals surface area contributed by atoms with Crippen LogP contribution in [0.5, 0.6) is 17.2 Å². The molecule has 0 saturated carbocycles. The second kappa shape index (κ2) is 9.02. The largest absolute Gasteiger partial charge is 0.507 e. The monoisotopic (exact) mass is 465 g/mol. The minimum atomic E-state index is -0.885. The first-order valence-corrected chi connectivity index (χ1v) is 11.6. The Bertz CT molecular complexity index is 1310. The molecule has 3 aromatic rings. The number of nitrogens with zero attached hydrogens (tertiary/aromatic N) is 1. The molecule has 8 heteroatoms. The number of likely N-dealkylation sites (tertiary alicyclic amines) is 1. The van der Waals surface area contributed by atoms with Crippen molar-refractivity contribution in [1.82, 2.24) is 4.90 Å². The Kier molecular flexibility index (Phi) is 5.91. The minimum Gasteiger partial charge on any atom is -0.507 e. The van der Waals surface area contributed by atoms with Gasteiger partial charge in [-0.2, -0.15) is 0 Å². The molecule has 0 spiro atoms. The number of fused-ring (bicyclic) bond motifs is 2. The van der Waals surface area contributed by atoms with E-state index in [0.29, 0.717) is 77.5 Å². The molecule has 1 atom stereocenters. The van der Waals surface area contributed by atoms with Gasteiger partial charge in [0.05, 0.1) is 29.7 Å². The number of aliphatic carboxylic acids is 1. The lowest BCUT2D eigenvalue weighted by atomic mass is 9.99. The number of ether oxygens (including phenoxy) is 2. The van der Waals surface area contributed by atoms with E-state index in [1.54, 1.807) is 23.1 Å². The number of carboxylic acid groups (broad SMARTS) is 1. The van der Waals surface area contributed by atoms with Crippen LogP contribution in [0, 0.1) is 0 Å². The first-order chi connectivity index (χ1) is 16.5. The van der Waals surface area contributed by atoms with Crippen LogP contribution >= 0.6 is 0 Å². The molecule has 1 aromatic heterocycles. The summed E-state index contributed by atoms with van der Waals surface area (Å²) in [5.41, 5.74) is 1.66. The van der Waals surface area contributed by atoms with E-state index in [9.17, 15) is 19.8 Å². The second-order valence-corrected chi connectivity index (χ2v) is 8.70. The van der Waals surface area contributed by atoms with Gasteiger partial charge in [-0.25, -0.2) is 0 Å². The fourth-order valence-electron chi connectivity index (χ4n) is 4.86. The maximum absolute atomic E-state index is 13.7. The van der Waals surface area contributed by atoms with Gasteiger partial charge in [-0.05, 0) is 49.2 Å². The molecule has 3 heterocycles. The van der Waals surface area contributed by atoms with Gasteiger partial charge in [0.1, 0.15) is 23.1 Å². The molecule has 0 bridgehead atoms. The Morgan fingerprint density at radius 3 is 2.68 bits per heavy atom. The Morgan fingerprint density at radius 1 is 1.12 bits per heavy atom. The van der Waals surface area contributed by atoms with Crippen LogP contribution in [0.2, 0.25) is 0 Å². The quantitative estimate of drug-likeness (QED) is 0.583. The number of aryl methyl sites for hydroxylation is 1. The van der Waals surface area contributed by atoms with Gasteiger partial charge in [-0.15, -0.1) is 0 Å². The molecular formula is C26H27NO7. The molecule has 2 aliphatic heterocycles. The number of carbonyl (C=O) groups is 1. The zero-order valence-electron chi connectivity index (χ0n) is 19.0. The Labute approximate surface area is 196 Å². The summed E-state index contributed by atoms with van der Waals surface area (Å²) < 4.78 is 17.8. The molecule has 2 N–H and O–H groups in total. The Hall–Kier alpha value is -3.52. The number of phenolic OH excluding ortho intramolecular Hbond substituents is 1. The summed E-state index contributed by atoms with van der Waals surface area (Å²) in [6.45, 7) is 3.82. The van der Waals surface area contributed by atoms with E-state index in [4.69, 9.17) is 13.9 Å². The molecular weight excluding hydrogens is 438 g/mol. The van der Waals surface area contributed by atoms with E-state index in [1.165, 1.54) is 6.07 Å². The van der Waals surface area contributed by atoms with E-state index >= 15 is 0 Å². The molecule has 2 aliphatic rings. The van der Waals surface area contributed by atoms with Crippen molar-refractivity contribution in [3.63, 3.8) is 0 Å². The lowest BCUT2D eigenvalue weighted by Crippen LogP contribution is -2.35. The first kappa shape index (κ1) is 22.3. The molecule has 0 amide bonds. The van der Waals surface area contributed by atoms with Crippen molar-refractivity contribution >= 4 is 16.9 Å². The number of rotatable bonds is 5. The third-order valence-corrected chi connectivity index (χ3v) is 6.58. The lowest BCUT2D eigenvalue weighted by molar-refractivity contribution is -0.142. The summed E-state index contributed by atoms with van der Waals surface area (Å²) in [6, 6.07) is 7.86. The van der Waals surface area contributed by atoms with Crippen molar-refractivity contribution in [2.45, 2.75) is 45.2 Å². The Balaban J connectivity index is 1.63. The van der Waals surface area contributed by atoms with Crippen LogP contribution in [0.3, 0.4) is 0 Å². The SMILES string of the molecule is CCc1oc2c(CN3CCCC3C(=O)O)c(O)ccc2c(=O)c1-c1ccc2c(c1)OCCCO2. The van der Waals surface area contributed by atoms with Gasteiger partial charge in [-0.1, -0.05) is 13.0 Å². The van der Waals surface area contributed by atoms with Crippen molar-refractivity contribution in [1.29, 1.82) is 0 Å². The van der Waals surface area contributed by atoms with E-state index < -0.39 is 12.0 Å². The molecule has 1 unspecified atom stereocenters. The number of carboxylic acids is 1. The van der Waals surface area contributed by atoms with E-state index in [-0.39, 0.29) is 17.7 Å². The van der Waals surface area contributed by atoms with Crippen LogP contribution in [0.4, 0.5) is 0 Å². The highest BCUT2D eigenvalue weighted by Gasteiger charge is 2.32. The standard InChI is InChI=1S/C26H27NO7/c1-2-20-23(15-6-9-21-22(13-15)33-12-4-11-32-21)24(29)16-7-8-19(28)17(25(16)34-20)14-27-10-3-5-18(27)26(30)31/h6-9,13,18,28H,2-5,10-12,14H2,1H3,(H,30,31). The number of phenols is 1. The zero-order chi connectivity index (χ0) is 23.8. The molecule has 34 heavy (non-hydrogen) atoms. The van der Waals surface area contributed by atoms with Gasteiger partial charge < -0.3 is 24.1 Å². The summed E-state index contributed by atoms with van der Waals surface area (Å²) in [7, 11) is 0. The maximum Gasteiger partial charge on any atom is 0.320 e. The number of hydrogen-bond acceptors (Lipinski definition) is 7. The first-order valence-electron chi connectivity index (χ1n) is 11.6. The summed E-state index contributed by atoms with van der Waals surface area (Å²) in [6.07, 6.45) is 2.57. The fraction of sp³-hybridized carbons (Fsp3) is 0.385. The van der Waals surface area contributed by atoms with Crippen molar-refractivity contribution in [3.8, 4) is 28.4 Å². The van der Waals surface area contributed by atoms with Gasteiger partial charge in [-0.3, -0.25) is 14.5 Å². The molecule has 0 radical (unpaired) electrons. The molecule has 1 saturated heterocycles. The topological polar surface area (TPSA) is 109 Å². The van der Waals surface area contributed by atoms with Crippen molar-refractivity contribution in [2.24, 2.45) is 0 Å². The van der Waals surface area contributed by atoms with Crippen molar-refractivity contribution < 1.29 is 28.9 Å². The summed E-state index contributed by atoms with van der Waals surface area (Å²) in [5, 5.41) is 20.5. The maximum atomic E-state index is 13.7. The van der Waals surface area contributed by atoms with Gasteiger partial charge in [0.2, 0.25) is 5.43 Å². The molecule has 8 nitrogen and oxygen atoms in total. The normalized spacial score (nSPS) is 18.2. The average molecular weight is 466 g/mol. The van der Waals surface area contributed by atoms with Gasteiger partial charge in [0, 0.05) is 19.4 Å². The smallest absolute Gasteiger partial charge is 0.320 e. The van der Waals surface area contributed by atoms with Crippen LogP contribution < -0.4 is 14.9 Å². The highest BCUT2D eigenvalue weighted by Crippen LogP contribution is 2.37. The second-order valence-electron chi connectivity index (χ2n) is 8.70. The number of aromatic hydroxyl groups is 1. The summed E-state index contributed by atoms with van der Waals surface area (Å²) >= 11 is 0. The lowest BCUT2D eigenvalue weighted by Gasteiger charge is -2.22. The highest BCUT2D eigenvalue weighted by atomic mass is 16.5. The third kappa shape index (κ3) is 3.88. The van der Waals surface area contributed by atoms with Crippen LogP contribution in [-0.4, -0.2) is 46.9 Å². The fourth-order valence-corrected chi connectivity index (χ4v) is 4.86. The summed E-state index contributed by atoms with van der Waals surface area (Å²) in [4.78, 5) is 27.1. The zero-order valence-corrected chi connectivity index (χ0v) is 19.0. The van der Waals surface area contributed by atoms with Crippen LogP contribution in [0.1, 0.15) is 37.5 Å².